The summed E-state index contributed by atoms with van der Waals surface area (Å²) in [6.45, 7) is 8.32. The standard InChI is InChI=1S/C11H20N2O2/c1-8-9(12-5)6-7-13(8)10(14)15-11(2,3)4/h8H,6-7H2,1-5H3/b12-9+. The fourth-order valence-corrected chi connectivity index (χ4v) is 1.69. The summed E-state index contributed by atoms with van der Waals surface area (Å²) >= 11 is 0. The number of carbonyl (C=O) groups excluding carboxylic acids is 1. The number of hydrogen-bond acceptors (Lipinski definition) is 3. The highest BCUT2D eigenvalue weighted by Gasteiger charge is 2.32. The van der Waals surface area contributed by atoms with Crippen molar-refractivity contribution in [3.63, 3.8) is 0 Å². The lowest BCUT2D eigenvalue weighted by Gasteiger charge is -2.26. The summed E-state index contributed by atoms with van der Waals surface area (Å²) in [5.41, 5.74) is 0.643. The molecule has 0 bridgehead atoms. The van der Waals surface area contributed by atoms with Crippen LogP contribution in [0.4, 0.5) is 4.79 Å². The van der Waals surface area contributed by atoms with Crippen molar-refractivity contribution in [3.8, 4) is 0 Å². The Bertz CT molecular complexity index is 279. The smallest absolute Gasteiger partial charge is 0.410 e. The maximum absolute atomic E-state index is 11.8. The third-order valence-electron chi connectivity index (χ3n) is 2.47. The molecule has 0 saturated carbocycles. The highest BCUT2D eigenvalue weighted by atomic mass is 16.6. The van der Waals surface area contributed by atoms with E-state index in [0.29, 0.717) is 6.54 Å². The highest BCUT2D eigenvalue weighted by molar-refractivity contribution is 5.94. The number of nitrogens with zero attached hydrogens (tertiary/aromatic N) is 2. The predicted molar refractivity (Wildman–Crippen MR) is 60.4 cm³/mol. The fourth-order valence-electron chi connectivity index (χ4n) is 1.69. The maximum Gasteiger partial charge on any atom is 0.410 e. The van der Waals surface area contributed by atoms with Gasteiger partial charge in [-0.2, -0.15) is 0 Å². The van der Waals surface area contributed by atoms with E-state index in [1.807, 2.05) is 27.7 Å². The molecule has 0 radical (unpaired) electrons. The maximum atomic E-state index is 11.8. The van der Waals surface area contributed by atoms with Gasteiger partial charge in [-0.15, -0.1) is 0 Å². The molecule has 15 heavy (non-hydrogen) atoms. The summed E-state index contributed by atoms with van der Waals surface area (Å²) in [5, 5.41) is 0. The number of rotatable bonds is 0. The molecule has 4 nitrogen and oxygen atoms in total. The van der Waals surface area contributed by atoms with Crippen molar-refractivity contribution < 1.29 is 9.53 Å². The van der Waals surface area contributed by atoms with Crippen LogP contribution in [0.15, 0.2) is 4.99 Å². The second-order valence-corrected chi connectivity index (χ2v) is 4.81. The van der Waals surface area contributed by atoms with Gasteiger partial charge < -0.3 is 4.74 Å². The largest absolute Gasteiger partial charge is 0.444 e. The molecule has 0 spiro atoms. The van der Waals surface area contributed by atoms with Crippen LogP contribution in [-0.4, -0.2) is 41.9 Å². The minimum absolute atomic E-state index is 0.0739. The lowest BCUT2D eigenvalue weighted by Crippen LogP contribution is -2.40. The molecular formula is C11H20N2O2. The van der Waals surface area contributed by atoms with E-state index in [0.717, 1.165) is 12.1 Å². The molecule has 1 saturated heterocycles. The molecule has 0 aromatic heterocycles. The summed E-state index contributed by atoms with van der Waals surface area (Å²) in [6.07, 6.45) is 0.616. The van der Waals surface area contributed by atoms with Crippen LogP contribution in [0, 0.1) is 0 Å². The van der Waals surface area contributed by atoms with Crippen LogP contribution in [0.2, 0.25) is 0 Å². The molecular weight excluding hydrogens is 192 g/mol. The molecule has 1 amide bonds. The molecule has 1 aliphatic rings. The van der Waals surface area contributed by atoms with Gasteiger partial charge in [0.2, 0.25) is 0 Å². The SMILES string of the molecule is C/N=C1\CCN(C(=O)OC(C)(C)C)C1C. The number of amides is 1. The number of ether oxygens (including phenoxy) is 1. The second-order valence-electron chi connectivity index (χ2n) is 4.81. The van der Waals surface area contributed by atoms with Crippen molar-refractivity contribution in [2.75, 3.05) is 13.6 Å². The third kappa shape index (κ3) is 2.94. The Labute approximate surface area is 91.3 Å². The molecule has 86 valence electrons. The second kappa shape index (κ2) is 4.21. The monoisotopic (exact) mass is 212 g/mol. The number of carbonyl (C=O) groups is 1. The molecule has 1 aliphatic heterocycles. The molecule has 4 heteroatoms. The van der Waals surface area contributed by atoms with Crippen LogP contribution in [0.1, 0.15) is 34.1 Å². The van der Waals surface area contributed by atoms with Gasteiger partial charge in [0.1, 0.15) is 5.60 Å². The molecule has 0 aromatic rings. The lowest BCUT2D eigenvalue weighted by atomic mass is 10.2. The van der Waals surface area contributed by atoms with Crippen LogP contribution in [0.5, 0.6) is 0 Å². The van der Waals surface area contributed by atoms with E-state index >= 15 is 0 Å². The molecule has 0 aromatic carbocycles. The minimum atomic E-state index is -0.428. The van der Waals surface area contributed by atoms with Gasteiger partial charge in [0.25, 0.3) is 0 Å². The van der Waals surface area contributed by atoms with Gasteiger partial charge in [-0.1, -0.05) is 0 Å². The molecule has 1 unspecified atom stereocenters. The minimum Gasteiger partial charge on any atom is -0.444 e. The van der Waals surface area contributed by atoms with Crippen LogP contribution in [0.3, 0.4) is 0 Å². The quantitative estimate of drug-likeness (QED) is 0.617. The zero-order chi connectivity index (χ0) is 11.6. The first-order chi connectivity index (χ1) is 6.85. The van der Waals surface area contributed by atoms with Crippen molar-refractivity contribution in [1.82, 2.24) is 4.90 Å². The van der Waals surface area contributed by atoms with E-state index in [-0.39, 0.29) is 12.1 Å². The van der Waals surface area contributed by atoms with Crippen molar-refractivity contribution in [2.24, 2.45) is 4.99 Å². The Morgan fingerprint density at radius 1 is 1.53 bits per heavy atom. The third-order valence-corrected chi connectivity index (χ3v) is 2.47. The average molecular weight is 212 g/mol. The molecule has 0 N–H and O–H groups in total. The van der Waals surface area contributed by atoms with E-state index in [4.69, 9.17) is 4.74 Å². The zero-order valence-corrected chi connectivity index (χ0v) is 10.2. The summed E-state index contributed by atoms with van der Waals surface area (Å²) in [6, 6.07) is 0.0739. The van der Waals surface area contributed by atoms with Gasteiger partial charge in [0.15, 0.2) is 0 Å². The van der Waals surface area contributed by atoms with E-state index in [2.05, 4.69) is 4.99 Å². The summed E-state index contributed by atoms with van der Waals surface area (Å²) in [4.78, 5) is 17.7. The normalized spacial score (nSPS) is 24.7. The van der Waals surface area contributed by atoms with E-state index in [1.165, 1.54) is 0 Å². The fraction of sp³-hybridized carbons (Fsp3) is 0.818. The predicted octanol–water partition coefficient (Wildman–Crippen LogP) is 2.09. The summed E-state index contributed by atoms with van der Waals surface area (Å²) in [5.74, 6) is 0. The Morgan fingerprint density at radius 2 is 2.13 bits per heavy atom. The van der Waals surface area contributed by atoms with E-state index < -0.39 is 5.60 Å². The van der Waals surface area contributed by atoms with Gasteiger partial charge in [-0.3, -0.25) is 9.89 Å². The van der Waals surface area contributed by atoms with Crippen LogP contribution in [0.25, 0.3) is 0 Å². The Balaban J connectivity index is 2.63. The zero-order valence-electron chi connectivity index (χ0n) is 10.2. The Kier molecular flexibility index (Phi) is 3.37. The van der Waals surface area contributed by atoms with Crippen LogP contribution in [-0.2, 0) is 4.74 Å². The van der Waals surface area contributed by atoms with Gasteiger partial charge >= 0.3 is 6.09 Å². The van der Waals surface area contributed by atoms with E-state index in [1.54, 1.807) is 11.9 Å². The Hall–Kier alpha value is -1.06. The Morgan fingerprint density at radius 3 is 2.53 bits per heavy atom. The van der Waals surface area contributed by atoms with Crippen LogP contribution < -0.4 is 0 Å². The van der Waals surface area contributed by atoms with Gasteiger partial charge in [-0.25, -0.2) is 4.79 Å². The van der Waals surface area contributed by atoms with Crippen molar-refractivity contribution >= 4 is 11.8 Å². The van der Waals surface area contributed by atoms with Crippen molar-refractivity contribution in [2.45, 2.75) is 45.8 Å². The number of likely N-dealkylation sites (tertiary alicyclic amines) is 1. The number of hydrogen-bond donors (Lipinski definition) is 0. The first kappa shape index (κ1) is 12.0. The van der Waals surface area contributed by atoms with Gasteiger partial charge in [-0.05, 0) is 27.7 Å². The average Bonchev–Trinajstić information content (AvgIpc) is 2.43. The molecule has 1 rings (SSSR count). The molecule has 1 fully saturated rings. The van der Waals surface area contributed by atoms with Gasteiger partial charge in [0, 0.05) is 25.7 Å². The van der Waals surface area contributed by atoms with Crippen LogP contribution >= 0.6 is 0 Å². The first-order valence-corrected chi connectivity index (χ1v) is 5.30. The summed E-state index contributed by atoms with van der Waals surface area (Å²) in [7, 11) is 1.77. The van der Waals surface area contributed by atoms with Gasteiger partial charge in [0.05, 0.1) is 6.04 Å². The molecule has 0 aliphatic carbocycles. The van der Waals surface area contributed by atoms with E-state index in [9.17, 15) is 4.79 Å². The molecule has 1 atom stereocenters. The number of aliphatic imine (C=N–C) groups is 1. The topological polar surface area (TPSA) is 41.9 Å². The molecule has 1 heterocycles. The highest BCUT2D eigenvalue weighted by Crippen LogP contribution is 2.18. The first-order valence-electron chi connectivity index (χ1n) is 5.30. The van der Waals surface area contributed by atoms with Crippen molar-refractivity contribution in [1.29, 1.82) is 0 Å². The summed E-state index contributed by atoms with van der Waals surface area (Å²) < 4.78 is 5.32. The lowest BCUT2D eigenvalue weighted by molar-refractivity contribution is 0.0256. The van der Waals surface area contributed by atoms with Crippen molar-refractivity contribution in [3.05, 3.63) is 0 Å².